The van der Waals surface area contributed by atoms with Gasteiger partial charge in [-0.15, -0.1) is 0 Å². The van der Waals surface area contributed by atoms with Gasteiger partial charge in [-0.05, 0) is 30.9 Å². The molecule has 1 unspecified atom stereocenters. The van der Waals surface area contributed by atoms with Crippen LogP contribution in [0.4, 0.5) is 5.69 Å². The summed E-state index contributed by atoms with van der Waals surface area (Å²) >= 11 is 0. The van der Waals surface area contributed by atoms with Gasteiger partial charge in [-0.1, -0.05) is 25.0 Å². The maximum Gasteiger partial charge on any atom is 0.177 e. The second kappa shape index (κ2) is 5.92. The fourth-order valence-electron chi connectivity index (χ4n) is 2.84. The molecule has 1 fully saturated rings. The molecular weight excluding hydrogens is 260 g/mol. The molecule has 0 radical (unpaired) electrons. The maximum atomic E-state index is 11.8. The van der Waals surface area contributed by atoms with E-state index >= 15 is 0 Å². The predicted molar refractivity (Wildman–Crippen MR) is 78.0 cm³/mol. The van der Waals surface area contributed by atoms with Gasteiger partial charge in [0.25, 0.3) is 0 Å². The van der Waals surface area contributed by atoms with E-state index < -0.39 is 9.84 Å². The Morgan fingerprint density at radius 2 is 1.95 bits per heavy atom. The van der Waals surface area contributed by atoms with Gasteiger partial charge in [0.2, 0.25) is 0 Å². The molecule has 0 aliphatic heterocycles. The second-order valence-corrected chi connectivity index (χ2v) is 7.28. The van der Waals surface area contributed by atoms with E-state index in [4.69, 9.17) is 5.73 Å². The Labute approximate surface area is 115 Å². The van der Waals surface area contributed by atoms with Crippen molar-refractivity contribution in [2.24, 2.45) is 11.7 Å². The van der Waals surface area contributed by atoms with Crippen LogP contribution in [0.2, 0.25) is 0 Å². The highest BCUT2D eigenvalue weighted by Gasteiger charge is 2.25. The lowest BCUT2D eigenvalue weighted by Crippen LogP contribution is -2.35. The Hall–Kier alpha value is -1.07. The number of nitrogens with one attached hydrogen (secondary N) is 1. The van der Waals surface area contributed by atoms with Crippen molar-refractivity contribution in [1.82, 2.24) is 0 Å². The second-order valence-electron chi connectivity index (χ2n) is 5.30. The summed E-state index contributed by atoms with van der Waals surface area (Å²) in [5.41, 5.74) is 6.52. The van der Waals surface area contributed by atoms with Crippen molar-refractivity contribution in [3.63, 3.8) is 0 Å². The van der Waals surface area contributed by atoms with Gasteiger partial charge >= 0.3 is 0 Å². The topological polar surface area (TPSA) is 72.2 Å². The lowest BCUT2D eigenvalue weighted by Gasteiger charge is -2.25. The van der Waals surface area contributed by atoms with Crippen LogP contribution in [0.3, 0.4) is 0 Å². The van der Waals surface area contributed by atoms with E-state index in [2.05, 4.69) is 5.32 Å². The summed E-state index contributed by atoms with van der Waals surface area (Å²) in [6, 6.07) is 7.20. The van der Waals surface area contributed by atoms with E-state index in [9.17, 15) is 8.42 Å². The Bertz CT molecular complexity index is 522. The van der Waals surface area contributed by atoms with E-state index in [-0.39, 0.29) is 6.04 Å². The highest BCUT2D eigenvalue weighted by molar-refractivity contribution is 7.90. The Morgan fingerprint density at radius 1 is 1.32 bits per heavy atom. The van der Waals surface area contributed by atoms with Crippen LogP contribution in [0.15, 0.2) is 29.2 Å². The Morgan fingerprint density at radius 3 is 2.53 bits per heavy atom. The molecule has 0 aromatic heterocycles. The number of para-hydroxylation sites is 1. The van der Waals surface area contributed by atoms with Crippen molar-refractivity contribution >= 4 is 15.5 Å². The van der Waals surface area contributed by atoms with Gasteiger partial charge in [0.05, 0.1) is 10.6 Å². The minimum atomic E-state index is -3.21. The highest BCUT2D eigenvalue weighted by Crippen LogP contribution is 2.30. The number of sulfone groups is 1. The van der Waals surface area contributed by atoms with E-state index in [1.807, 2.05) is 12.1 Å². The van der Waals surface area contributed by atoms with E-state index in [1.165, 1.54) is 31.9 Å². The van der Waals surface area contributed by atoms with Crippen LogP contribution in [-0.2, 0) is 9.84 Å². The monoisotopic (exact) mass is 282 g/mol. The molecule has 1 aliphatic carbocycles. The largest absolute Gasteiger partial charge is 0.380 e. The number of hydrogen-bond acceptors (Lipinski definition) is 4. The molecule has 1 aromatic carbocycles. The molecule has 1 atom stereocenters. The zero-order valence-electron chi connectivity index (χ0n) is 11.3. The van der Waals surface area contributed by atoms with Crippen LogP contribution in [-0.4, -0.2) is 27.3 Å². The van der Waals surface area contributed by atoms with Gasteiger partial charge in [0.1, 0.15) is 0 Å². The van der Waals surface area contributed by atoms with Gasteiger partial charge < -0.3 is 11.1 Å². The molecule has 5 heteroatoms. The molecule has 4 nitrogen and oxygen atoms in total. The number of benzene rings is 1. The third-order valence-electron chi connectivity index (χ3n) is 3.85. The van der Waals surface area contributed by atoms with Crippen LogP contribution < -0.4 is 11.1 Å². The summed E-state index contributed by atoms with van der Waals surface area (Å²) in [6.07, 6.45) is 6.08. The normalized spacial score (nSPS) is 18.4. The van der Waals surface area contributed by atoms with Crippen LogP contribution >= 0.6 is 0 Å². The molecule has 0 heterocycles. The van der Waals surface area contributed by atoms with Crippen molar-refractivity contribution in [3.05, 3.63) is 24.3 Å². The first-order valence-corrected chi connectivity index (χ1v) is 8.67. The lowest BCUT2D eigenvalue weighted by atomic mass is 9.98. The van der Waals surface area contributed by atoms with Crippen LogP contribution in [0.1, 0.15) is 25.7 Å². The van der Waals surface area contributed by atoms with Gasteiger partial charge in [0, 0.05) is 18.8 Å². The van der Waals surface area contributed by atoms with E-state index in [0.29, 0.717) is 23.0 Å². The fourth-order valence-corrected chi connectivity index (χ4v) is 3.69. The number of anilines is 1. The van der Waals surface area contributed by atoms with Crippen molar-refractivity contribution in [2.45, 2.75) is 36.6 Å². The summed E-state index contributed by atoms with van der Waals surface area (Å²) in [4.78, 5) is 0.353. The Balaban J connectivity index is 2.22. The molecule has 106 valence electrons. The summed E-state index contributed by atoms with van der Waals surface area (Å²) < 4.78 is 23.5. The average molecular weight is 282 g/mol. The number of rotatable bonds is 5. The molecule has 1 saturated carbocycles. The molecule has 0 spiro atoms. The molecule has 3 N–H and O–H groups in total. The molecule has 19 heavy (non-hydrogen) atoms. The van der Waals surface area contributed by atoms with Gasteiger partial charge in [-0.3, -0.25) is 0 Å². The molecule has 0 bridgehead atoms. The SMILES string of the molecule is CS(=O)(=O)c1ccccc1NC(CN)C1CCCC1. The Kier molecular flexibility index (Phi) is 4.47. The van der Waals surface area contributed by atoms with Gasteiger partial charge in [-0.2, -0.15) is 0 Å². The fraction of sp³-hybridized carbons (Fsp3) is 0.571. The van der Waals surface area contributed by atoms with Crippen molar-refractivity contribution in [1.29, 1.82) is 0 Å². The molecule has 1 aromatic rings. The minimum absolute atomic E-state index is 0.158. The predicted octanol–water partition coefficient (Wildman–Crippen LogP) is 2.02. The van der Waals surface area contributed by atoms with Crippen molar-refractivity contribution < 1.29 is 8.42 Å². The van der Waals surface area contributed by atoms with E-state index in [1.54, 1.807) is 12.1 Å². The molecule has 1 aliphatic rings. The molecule has 2 rings (SSSR count). The summed E-state index contributed by atoms with van der Waals surface area (Å²) in [5, 5.41) is 3.34. The van der Waals surface area contributed by atoms with Gasteiger partial charge in [0.15, 0.2) is 9.84 Å². The highest BCUT2D eigenvalue weighted by atomic mass is 32.2. The minimum Gasteiger partial charge on any atom is -0.380 e. The smallest absolute Gasteiger partial charge is 0.177 e. The lowest BCUT2D eigenvalue weighted by molar-refractivity contribution is 0.461. The zero-order valence-corrected chi connectivity index (χ0v) is 12.1. The third-order valence-corrected chi connectivity index (χ3v) is 5.01. The first-order valence-electron chi connectivity index (χ1n) is 6.78. The quantitative estimate of drug-likeness (QED) is 0.866. The third kappa shape index (κ3) is 3.48. The van der Waals surface area contributed by atoms with Crippen LogP contribution in [0.25, 0.3) is 0 Å². The number of nitrogens with two attached hydrogens (primary N) is 1. The van der Waals surface area contributed by atoms with Crippen LogP contribution in [0, 0.1) is 5.92 Å². The van der Waals surface area contributed by atoms with Crippen LogP contribution in [0.5, 0.6) is 0 Å². The standard InChI is InChI=1S/C14H22N2O2S/c1-19(17,18)14-9-5-4-8-12(14)16-13(10-15)11-6-2-3-7-11/h4-5,8-9,11,13,16H,2-3,6-7,10,15H2,1H3. The number of hydrogen-bond donors (Lipinski definition) is 2. The average Bonchev–Trinajstić information content (AvgIpc) is 2.89. The first kappa shape index (κ1) is 14.3. The van der Waals surface area contributed by atoms with Crippen molar-refractivity contribution in [2.75, 3.05) is 18.1 Å². The van der Waals surface area contributed by atoms with Crippen molar-refractivity contribution in [3.8, 4) is 0 Å². The molecule has 0 saturated heterocycles. The summed E-state index contributed by atoms with van der Waals surface area (Å²) in [7, 11) is -3.21. The van der Waals surface area contributed by atoms with Gasteiger partial charge in [-0.25, -0.2) is 8.42 Å². The molecule has 0 amide bonds. The van der Waals surface area contributed by atoms with E-state index in [0.717, 1.165) is 0 Å². The maximum absolute atomic E-state index is 11.8. The summed E-state index contributed by atoms with van der Waals surface area (Å²) in [6.45, 7) is 0.531. The first-order chi connectivity index (χ1) is 9.02. The molecular formula is C14H22N2O2S. The summed E-state index contributed by atoms with van der Waals surface area (Å²) in [5.74, 6) is 0.553. The zero-order chi connectivity index (χ0) is 13.9.